The summed E-state index contributed by atoms with van der Waals surface area (Å²) in [4.78, 5) is 27.8. The number of esters is 1. The number of para-hydroxylation sites is 1. The normalized spacial score (nSPS) is 11.7. The number of carbonyl (C=O) groups excluding carboxylic acids is 1. The predicted octanol–water partition coefficient (Wildman–Crippen LogP) is 5.35. The molecular weight excluding hydrogens is 457 g/mol. The fourth-order valence-corrected chi connectivity index (χ4v) is 2.87. The molecule has 32 heavy (non-hydrogen) atoms. The second-order valence-corrected chi connectivity index (χ2v) is 7.13. The molecule has 7 nitrogen and oxygen atoms in total. The summed E-state index contributed by atoms with van der Waals surface area (Å²) in [5, 5.41) is 9.77. The Hall–Kier alpha value is -3.55. The number of hydrogen-bond acceptors (Lipinski definition) is 6. The van der Waals surface area contributed by atoms with Crippen LogP contribution in [0.3, 0.4) is 0 Å². The molecule has 0 aliphatic rings. The molecule has 164 valence electrons. The maximum Gasteiger partial charge on any atom is 0.368 e. The van der Waals surface area contributed by atoms with E-state index in [9.17, 15) is 14.7 Å². The first-order chi connectivity index (χ1) is 15.4. The molecule has 0 saturated heterocycles. The van der Waals surface area contributed by atoms with Gasteiger partial charge in [0.25, 0.3) is 5.56 Å². The highest BCUT2D eigenvalue weighted by molar-refractivity contribution is 6.30. The van der Waals surface area contributed by atoms with Crippen LogP contribution in [0.4, 0.5) is 5.69 Å². The number of benzene rings is 3. The number of carbonyl (C=O) groups is 2. The lowest BCUT2D eigenvalue weighted by molar-refractivity contribution is -0.138. The van der Waals surface area contributed by atoms with Crippen molar-refractivity contribution in [2.24, 2.45) is 4.99 Å². The van der Waals surface area contributed by atoms with E-state index in [2.05, 4.69) is 4.99 Å². The smallest absolute Gasteiger partial charge is 0.368 e. The third-order valence-electron chi connectivity index (χ3n) is 4.12. The van der Waals surface area contributed by atoms with Crippen LogP contribution in [0.2, 0.25) is 5.02 Å². The van der Waals surface area contributed by atoms with E-state index >= 15 is 0 Å². The van der Waals surface area contributed by atoms with Gasteiger partial charge >= 0.3 is 11.9 Å². The van der Waals surface area contributed by atoms with E-state index in [1.165, 1.54) is 25.5 Å². The van der Waals surface area contributed by atoms with Crippen LogP contribution in [0.25, 0.3) is 0 Å². The van der Waals surface area contributed by atoms with Crippen molar-refractivity contribution in [1.82, 2.24) is 0 Å². The Labute approximate surface area is 193 Å². The van der Waals surface area contributed by atoms with Crippen LogP contribution in [-0.4, -0.2) is 35.9 Å². The molecule has 0 aromatic heterocycles. The Morgan fingerprint density at radius 2 is 1.75 bits per heavy atom. The minimum atomic E-state index is -1.39. The fourth-order valence-electron chi connectivity index (χ4n) is 2.60. The molecule has 0 heterocycles. The number of carboxylic acids is 1. The SMILES string of the molecule is COc1cc(C=Nc2ccccc2C(=O)O)ccc1OC(=O)C(Cl)Oc1ccc(Cl)cc1. The summed E-state index contributed by atoms with van der Waals surface area (Å²) in [5.41, 5.74) is -0.412. The zero-order valence-corrected chi connectivity index (χ0v) is 18.2. The van der Waals surface area contributed by atoms with E-state index in [0.29, 0.717) is 22.0 Å². The number of rotatable bonds is 8. The number of hydrogen-bond donors (Lipinski definition) is 1. The van der Waals surface area contributed by atoms with Gasteiger partial charge in [-0.15, -0.1) is 0 Å². The van der Waals surface area contributed by atoms with E-state index < -0.39 is 17.5 Å². The van der Waals surface area contributed by atoms with E-state index in [4.69, 9.17) is 37.4 Å². The Balaban J connectivity index is 1.71. The molecule has 0 fully saturated rings. The van der Waals surface area contributed by atoms with E-state index in [-0.39, 0.29) is 17.1 Å². The van der Waals surface area contributed by atoms with Gasteiger partial charge in [0, 0.05) is 11.2 Å². The zero-order chi connectivity index (χ0) is 23.1. The molecule has 3 aromatic rings. The van der Waals surface area contributed by atoms with Crippen LogP contribution in [0.5, 0.6) is 17.2 Å². The van der Waals surface area contributed by atoms with Crippen molar-refractivity contribution < 1.29 is 28.9 Å². The predicted molar refractivity (Wildman–Crippen MR) is 121 cm³/mol. The van der Waals surface area contributed by atoms with Crippen molar-refractivity contribution in [3.05, 3.63) is 82.9 Å². The second kappa shape index (κ2) is 10.7. The molecule has 0 saturated carbocycles. The van der Waals surface area contributed by atoms with Gasteiger partial charge in [-0.2, -0.15) is 0 Å². The second-order valence-electron chi connectivity index (χ2n) is 6.30. The molecule has 3 aromatic carbocycles. The summed E-state index contributed by atoms with van der Waals surface area (Å²) in [6.45, 7) is 0. The van der Waals surface area contributed by atoms with Crippen LogP contribution in [-0.2, 0) is 4.79 Å². The lowest BCUT2D eigenvalue weighted by Gasteiger charge is -2.14. The van der Waals surface area contributed by atoms with Crippen LogP contribution < -0.4 is 14.2 Å². The topological polar surface area (TPSA) is 94.4 Å². The van der Waals surface area contributed by atoms with Gasteiger partial charge in [0.1, 0.15) is 5.75 Å². The third-order valence-corrected chi connectivity index (χ3v) is 4.64. The van der Waals surface area contributed by atoms with E-state index in [0.717, 1.165) is 0 Å². The standard InChI is InChI=1S/C23H17Cl2NO6/c1-30-20-12-14(13-26-18-5-3-2-4-17(18)22(27)28)6-11-19(20)32-23(29)21(25)31-16-9-7-15(24)8-10-16/h2-13,21H,1H3,(H,27,28). The Morgan fingerprint density at radius 3 is 2.44 bits per heavy atom. The van der Waals surface area contributed by atoms with Gasteiger partial charge in [0.05, 0.1) is 18.4 Å². The first-order valence-electron chi connectivity index (χ1n) is 9.20. The number of alkyl halides is 1. The van der Waals surface area contributed by atoms with Gasteiger partial charge in [0.2, 0.25) is 0 Å². The number of aromatic carboxylic acids is 1. The lowest BCUT2D eigenvalue weighted by atomic mass is 10.2. The molecule has 3 rings (SSSR count). The van der Waals surface area contributed by atoms with Crippen molar-refractivity contribution in [2.75, 3.05) is 7.11 Å². The van der Waals surface area contributed by atoms with Crippen molar-refractivity contribution in [3.8, 4) is 17.2 Å². The first kappa shape index (κ1) is 23.1. The highest BCUT2D eigenvalue weighted by Gasteiger charge is 2.21. The van der Waals surface area contributed by atoms with Crippen LogP contribution in [0, 0.1) is 0 Å². The Morgan fingerprint density at radius 1 is 1.03 bits per heavy atom. The first-order valence-corrected chi connectivity index (χ1v) is 10.0. The average molecular weight is 474 g/mol. The number of halogens is 2. The van der Waals surface area contributed by atoms with Crippen molar-refractivity contribution in [2.45, 2.75) is 5.56 Å². The van der Waals surface area contributed by atoms with Crippen LogP contribution in [0.15, 0.2) is 71.7 Å². The Bertz CT molecular complexity index is 1150. The number of methoxy groups -OCH3 is 1. The molecular formula is C23H17Cl2NO6. The van der Waals surface area contributed by atoms with Gasteiger partial charge < -0.3 is 19.3 Å². The largest absolute Gasteiger partial charge is 0.493 e. The number of carboxylic acid groups (broad SMARTS) is 1. The lowest BCUT2D eigenvalue weighted by Crippen LogP contribution is -2.26. The van der Waals surface area contributed by atoms with Gasteiger partial charge in [0.15, 0.2) is 11.5 Å². The van der Waals surface area contributed by atoms with Crippen molar-refractivity contribution in [1.29, 1.82) is 0 Å². The molecule has 1 unspecified atom stereocenters. The highest BCUT2D eigenvalue weighted by Crippen LogP contribution is 2.29. The third kappa shape index (κ3) is 6.00. The number of ether oxygens (including phenoxy) is 3. The molecule has 0 bridgehead atoms. The fraction of sp³-hybridized carbons (Fsp3) is 0.0870. The van der Waals surface area contributed by atoms with Gasteiger partial charge in [-0.25, -0.2) is 9.59 Å². The molecule has 0 amide bonds. The quantitative estimate of drug-likeness (QED) is 0.205. The zero-order valence-electron chi connectivity index (χ0n) is 16.7. The van der Waals surface area contributed by atoms with E-state index in [1.54, 1.807) is 54.6 Å². The van der Waals surface area contributed by atoms with Crippen LogP contribution >= 0.6 is 23.2 Å². The minimum absolute atomic E-state index is 0.0788. The van der Waals surface area contributed by atoms with Gasteiger partial charge in [-0.1, -0.05) is 35.3 Å². The number of nitrogens with zero attached hydrogens (tertiary/aromatic N) is 1. The summed E-state index contributed by atoms with van der Waals surface area (Å²) in [6.07, 6.45) is 1.48. The molecule has 0 spiro atoms. The molecule has 9 heteroatoms. The van der Waals surface area contributed by atoms with Crippen LogP contribution in [0.1, 0.15) is 15.9 Å². The maximum atomic E-state index is 12.3. The summed E-state index contributed by atoms with van der Waals surface area (Å²) in [7, 11) is 1.41. The monoisotopic (exact) mass is 473 g/mol. The average Bonchev–Trinajstić information content (AvgIpc) is 2.79. The maximum absolute atomic E-state index is 12.3. The molecule has 1 atom stereocenters. The summed E-state index contributed by atoms with van der Waals surface area (Å²) in [6, 6.07) is 17.4. The summed E-state index contributed by atoms with van der Waals surface area (Å²) < 4.78 is 15.9. The minimum Gasteiger partial charge on any atom is -0.493 e. The number of aliphatic imine (C=N–C) groups is 1. The molecule has 0 aliphatic carbocycles. The van der Waals surface area contributed by atoms with Gasteiger partial charge in [-0.3, -0.25) is 4.99 Å². The van der Waals surface area contributed by atoms with Crippen molar-refractivity contribution in [3.63, 3.8) is 0 Å². The highest BCUT2D eigenvalue weighted by atomic mass is 35.5. The summed E-state index contributed by atoms with van der Waals surface area (Å²) >= 11 is 11.8. The molecule has 1 N–H and O–H groups in total. The van der Waals surface area contributed by atoms with Crippen molar-refractivity contribution >= 4 is 47.0 Å². The Kier molecular flexibility index (Phi) is 7.70. The summed E-state index contributed by atoms with van der Waals surface area (Å²) in [5.74, 6) is -1.17. The molecule has 0 radical (unpaired) electrons. The molecule has 0 aliphatic heterocycles. The van der Waals surface area contributed by atoms with Gasteiger partial charge in [-0.05, 0) is 60.2 Å². The van der Waals surface area contributed by atoms with E-state index in [1.807, 2.05) is 0 Å².